The van der Waals surface area contributed by atoms with Crippen LogP contribution in [0.4, 0.5) is 0 Å². The number of hydrogen-bond acceptors (Lipinski definition) is 4. The summed E-state index contributed by atoms with van der Waals surface area (Å²) in [5, 5.41) is 11.1. The molecule has 0 aliphatic rings. The summed E-state index contributed by atoms with van der Waals surface area (Å²) in [4.78, 5) is 17.1. The lowest BCUT2D eigenvalue weighted by Crippen LogP contribution is -2.37. The van der Waals surface area contributed by atoms with Crippen LogP contribution in [0.3, 0.4) is 0 Å². The summed E-state index contributed by atoms with van der Waals surface area (Å²) in [7, 11) is 1.95. The Labute approximate surface area is 212 Å². The van der Waals surface area contributed by atoms with Gasteiger partial charge in [-0.25, -0.2) is 9.79 Å². The molecule has 3 rings (SSSR count). The zero-order valence-corrected chi connectivity index (χ0v) is 21.9. The van der Waals surface area contributed by atoms with Crippen LogP contribution in [0.2, 0.25) is 0 Å². The standard InChI is InChI=1S/C25H31N5O2.HI/c1-5-26-25(28-16-23-18(2)29-30(4)19(23)3)27-15-21-12-9-13-22(14-21)24(31)32-17-20-10-7-6-8-11-20;/h6-14H,5,15-17H2,1-4H3,(H2,26,27,28);1H. The largest absolute Gasteiger partial charge is 0.457 e. The molecule has 33 heavy (non-hydrogen) atoms. The second-order valence-corrected chi connectivity index (χ2v) is 7.58. The molecule has 2 N–H and O–H groups in total. The van der Waals surface area contributed by atoms with Crippen molar-refractivity contribution in [3.8, 4) is 0 Å². The number of aliphatic imine (C=N–C) groups is 1. The van der Waals surface area contributed by atoms with E-state index in [1.54, 1.807) is 6.07 Å². The van der Waals surface area contributed by atoms with Crippen LogP contribution in [-0.2, 0) is 31.5 Å². The predicted octanol–water partition coefficient (Wildman–Crippen LogP) is 4.27. The molecule has 0 saturated heterocycles. The number of carbonyl (C=O) groups is 1. The van der Waals surface area contributed by atoms with Gasteiger partial charge in [0.05, 0.1) is 17.8 Å². The van der Waals surface area contributed by atoms with E-state index >= 15 is 0 Å². The fourth-order valence-corrected chi connectivity index (χ4v) is 3.36. The number of esters is 1. The van der Waals surface area contributed by atoms with Crippen LogP contribution in [0, 0.1) is 13.8 Å². The summed E-state index contributed by atoms with van der Waals surface area (Å²) in [6.45, 7) is 8.19. The Morgan fingerprint density at radius 1 is 1.06 bits per heavy atom. The number of ether oxygens (including phenoxy) is 1. The summed E-state index contributed by atoms with van der Waals surface area (Å²) in [5.74, 6) is 0.374. The van der Waals surface area contributed by atoms with Crippen LogP contribution < -0.4 is 10.6 Å². The van der Waals surface area contributed by atoms with E-state index in [1.165, 1.54) is 5.56 Å². The van der Waals surface area contributed by atoms with Gasteiger partial charge in [-0.05, 0) is 44.0 Å². The van der Waals surface area contributed by atoms with Crippen molar-refractivity contribution in [2.75, 3.05) is 6.54 Å². The Morgan fingerprint density at radius 2 is 1.79 bits per heavy atom. The molecule has 1 aromatic heterocycles. The highest BCUT2D eigenvalue weighted by molar-refractivity contribution is 14.0. The predicted molar refractivity (Wildman–Crippen MR) is 142 cm³/mol. The molecular weight excluding hydrogens is 529 g/mol. The van der Waals surface area contributed by atoms with Crippen molar-refractivity contribution < 1.29 is 9.53 Å². The number of rotatable bonds is 8. The minimum absolute atomic E-state index is 0. The zero-order valence-electron chi connectivity index (χ0n) is 19.6. The molecule has 0 amide bonds. The third-order valence-electron chi connectivity index (χ3n) is 5.23. The van der Waals surface area contributed by atoms with E-state index in [0.717, 1.165) is 29.1 Å². The van der Waals surface area contributed by atoms with Gasteiger partial charge in [-0.2, -0.15) is 5.10 Å². The molecule has 0 aliphatic heterocycles. The molecule has 0 atom stereocenters. The lowest BCUT2D eigenvalue weighted by molar-refractivity contribution is 0.0472. The topological polar surface area (TPSA) is 80.5 Å². The first-order valence-corrected chi connectivity index (χ1v) is 10.8. The average molecular weight is 561 g/mol. The molecule has 0 saturated carbocycles. The van der Waals surface area contributed by atoms with Crippen molar-refractivity contribution >= 4 is 35.9 Å². The Balaban J connectivity index is 0.00000385. The highest BCUT2D eigenvalue weighted by Gasteiger charge is 2.11. The molecule has 0 bridgehead atoms. The summed E-state index contributed by atoms with van der Waals surface area (Å²) in [6, 6.07) is 17.1. The smallest absolute Gasteiger partial charge is 0.338 e. The quantitative estimate of drug-likeness (QED) is 0.186. The van der Waals surface area contributed by atoms with Crippen molar-refractivity contribution in [1.29, 1.82) is 0 Å². The first-order valence-electron chi connectivity index (χ1n) is 10.8. The molecule has 8 heteroatoms. The fraction of sp³-hybridized carbons (Fsp3) is 0.320. The minimum atomic E-state index is -0.341. The molecular formula is C25H32IN5O2. The Kier molecular flexibility index (Phi) is 10.4. The normalized spacial score (nSPS) is 11.0. The first kappa shape index (κ1) is 26.4. The maximum Gasteiger partial charge on any atom is 0.338 e. The van der Waals surface area contributed by atoms with Gasteiger partial charge < -0.3 is 15.4 Å². The fourth-order valence-electron chi connectivity index (χ4n) is 3.36. The lowest BCUT2D eigenvalue weighted by atomic mass is 10.1. The summed E-state index contributed by atoms with van der Waals surface area (Å²) < 4.78 is 7.33. The van der Waals surface area contributed by atoms with Gasteiger partial charge in [-0.1, -0.05) is 42.5 Å². The van der Waals surface area contributed by atoms with Crippen LogP contribution >= 0.6 is 24.0 Å². The van der Waals surface area contributed by atoms with Gasteiger partial charge in [0.25, 0.3) is 0 Å². The van der Waals surface area contributed by atoms with Gasteiger partial charge in [-0.3, -0.25) is 4.68 Å². The van der Waals surface area contributed by atoms with E-state index in [4.69, 9.17) is 4.74 Å². The van der Waals surface area contributed by atoms with Crippen LogP contribution in [0.5, 0.6) is 0 Å². The number of hydrogen-bond donors (Lipinski definition) is 2. The van der Waals surface area contributed by atoms with Crippen molar-refractivity contribution in [3.63, 3.8) is 0 Å². The maximum atomic E-state index is 12.4. The molecule has 2 aromatic carbocycles. The molecule has 176 valence electrons. The maximum absolute atomic E-state index is 12.4. The molecule has 3 aromatic rings. The molecule has 0 fully saturated rings. The number of nitrogens with one attached hydrogen (secondary N) is 2. The SMILES string of the molecule is CCNC(=NCc1cccc(C(=O)OCc2ccccc2)c1)NCc1c(C)nn(C)c1C.I. The summed E-state index contributed by atoms with van der Waals surface area (Å²) >= 11 is 0. The lowest BCUT2D eigenvalue weighted by Gasteiger charge is -2.12. The average Bonchev–Trinajstić information content (AvgIpc) is 3.05. The van der Waals surface area contributed by atoms with Crippen molar-refractivity contribution in [3.05, 3.63) is 88.2 Å². The van der Waals surface area contributed by atoms with Crippen LogP contribution in [0.15, 0.2) is 59.6 Å². The minimum Gasteiger partial charge on any atom is -0.457 e. The number of benzene rings is 2. The highest BCUT2D eigenvalue weighted by Crippen LogP contribution is 2.12. The molecule has 1 heterocycles. The Hall–Kier alpha value is -2.88. The van der Waals surface area contributed by atoms with Gasteiger partial charge in [-0.15, -0.1) is 24.0 Å². The number of nitrogens with zero attached hydrogens (tertiary/aromatic N) is 3. The second kappa shape index (κ2) is 13.0. The third-order valence-corrected chi connectivity index (χ3v) is 5.23. The van der Waals surface area contributed by atoms with Crippen molar-refractivity contribution in [1.82, 2.24) is 20.4 Å². The van der Waals surface area contributed by atoms with E-state index in [1.807, 2.05) is 74.1 Å². The highest BCUT2D eigenvalue weighted by atomic mass is 127. The molecule has 7 nitrogen and oxygen atoms in total. The number of aromatic nitrogens is 2. The van der Waals surface area contributed by atoms with Crippen molar-refractivity contribution in [2.24, 2.45) is 12.0 Å². The van der Waals surface area contributed by atoms with E-state index < -0.39 is 0 Å². The van der Waals surface area contributed by atoms with E-state index in [0.29, 0.717) is 24.6 Å². The van der Waals surface area contributed by atoms with Gasteiger partial charge in [0.15, 0.2) is 5.96 Å². The zero-order chi connectivity index (χ0) is 22.9. The molecule has 0 aliphatic carbocycles. The number of aryl methyl sites for hydroxylation is 2. The Morgan fingerprint density at radius 3 is 2.45 bits per heavy atom. The van der Waals surface area contributed by atoms with E-state index in [2.05, 4.69) is 27.6 Å². The second-order valence-electron chi connectivity index (χ2n) is 7.58. The number of guanidine groups is 1. The number of carbonyl (C=O) groups excluding carboxylic acids is 1. The van der Waals surface area contributed by atoms with E-state index in [-0.39, 0.29) is 36.6 Å². The van der Waals surface area contributed by atoms with Gasteiger partial charge in [0.2, 0.25) is 0 Å². The van der Waals surface area contributed by atoms with Crippen LogP contribution in [0.25, 0.3) is 0 Å². The van der Waals surface area contributed by atoms with Crippen molar-refractivity contribution in [2.45, 2.75) is 40.5 Å². The summed E-state index contributed by atoms with van der Waals surface area (Å²) in [5.41, 5.74) is 5.73. The monoisotopic (exact) mass is 561 g/mol. The third kappa shape index (κ3) is 7.59. The van der Waals surface area contributed by atoms with E-state index in [9.17, 15) is 4.79 Å². The first-order chi connectivity index (χ1) is 15.5. The molecule has 0 unspecified atom stereocenters. The van der Waals surface area contributed by atoms with Crippen LogP contribution in [-0.4, -0.2) is 28.3 Å². The molecule has 0 radical (unpaired) electrons. The Bertz CT molecular complexity index is 1080. The number of halogens is 1. The summed E-state index contributed by atoms with van der Waals surface area (Å²) in [6.07, 6.45) is 0. The molecule has 0 spiro atoms. The van der Waals surface area contributed by atoms with Gasteiger partial charge in [0.1, 0.15) is 6.61 Å². The van der Waals surface area contributed by atoms with Gasteiger partial charge >= 0.3 is 5.97 Å². The van der Waals surface area contributed by atoms with Crippen LogP contribution in [0.1, 0.15) is 45.4 Å². The van der Waals surface area contributed by atoms with Gasteiger partial charge in [0, 0.05) is 31.4 Å².